The van der Waals surface area contributed by atoms with Crippen LogP contribution < -0.4 is 10.4 Å². The van der Waals surface area contributed by atoms with Gasteiger partial charge in [-0.2, -0.15) is 0 Å². The van der Waals surface area contributed by atoms with E-state index in [9.17, 15) is 10.0 Å². The van der Waals surface area contributed by atoms with Crippen LogP contribution >= 0.6 is 0 Å². The SMILES string of the molecule is Cc1ccc2c(c1)CCCN2Cc1ccccc1B(O)O. The summed E-state index contributed by atoms with van der Waals surface area (Å²) in [5.74, 6) is 0. The normalized spacial score (nSPS) is 14.0. The second-order valence-electron chi connectivity index (χ2n) is 5.73. The van der Waals surface area contributed by atoms with Crippen molar-refractivity contribution < 1.29 is 10.0 Å². The van der Waals surface area contributed by atoms with Crippen molar-refractivity contribution in [2.45, 2.75) is 26.3 Å². The first-order valence-corrected chi connectivity index (χ1v) is 7.43. The molecule has 2 aromatic rings. The molecule has 0 aromatic heterocycles. The zero-order chi connectivity index (χ0) is 14.8. The summed E-state index contributed by atoms with van der Waals surface area (Å²) in [5.41, 5.74) is 5.52. The molecule has 0 saturated carbocycles. The first-order valence-electron chi connectivity index (χ1n) is 7.43. The Labute approximate surface area is 126 Å². The average Bonchev–Trinajstić information content (AvgIpc) is 2.47. The third-order valence-corrected chi connectivity index (χ3v) is 4.14. The van der Waals surface area contributed by atoms with Gasteiger partial charge in [0, 0.05) is 18.8 Å². The van der Waals surface area contributed by atoms with Crippen LogP contribution in [0.25, 0.3) is 0 Å². The highest BCUT2D eigenvalue weighted by atomic mass is 16.4. The number of anilines is 1. The van der Waals surface area contributed by atoms with Gasteiger partial charge >= 0.3 is 7.12 Å². The van der Waals surface area contributed by atoms with Crippen molar-refractivity contribution in [1.82, 2.24) is 0 Å². The predicted molar refractivity (Wildman–Crippen MR) is 86.8 cm³/mol. The maximum Gasteiger partial charge on any atom is 0.488 e. The standard InChI is InChI=1S/C17H20BNO2/c1-13-8-9-17-14(11-13)6-4-10-19(17)12-15-5-2-3-7-16(15)18(20)21/h2-3,5,7-9,11,20-21H,4,6,10,12H2,1H3. The van der Waals surface area contributed by atoms with Gasteiger partial charge in [0.1, 0.15) is 0 Å². The van der Waals surface area contributed by atoms with Gasteiger partial charge in [-0.1, -0.05) is 42.0 Å². The van der Waals surface area contributed by atoms with E-state index < -0.39 is 7.12 Å². The fourth-order valence-electron chi connectivity index (χ4n) is 3.10. The summed E-state index contributed by atoms with van der Waals surface area (Å²) in [6.45, 7) is 3.84. The maximum atomic E-state index is 9.50. The van der Waals surface area contributed by atoms with Crippen LogP contribution in [0.3, 0.4) is 0 Å². The summed E-state index contributed by atoms with van der Waals surface area (Å²) in [4.78, 5) is 2.33. The third-order valence-electron chi connectivity index (χ3n) is 4.14. The van der Waals surface area contributed by atoms with Gasteiger partial charge in [-0.25, -0.2) is 0 Å². The van der Waals surface area contributed by atoms with E-state index in [4.69, 9.17) is 0 Å². The molecular formula is C17H20BNO2. The van der Waals surface area contributed by atoms with Gasteiger partial charge in [0.2, 0.25) is 0 Å². The minimum atomic E-state index is -1.41. The molecule has 1 aliphatic rings. The van der Waals surface area contributed by atoms with Crippen molar-refractivity contribution in [3.63, 3.8) is 0 Å². The minimum Gasteiger partial charge on any atom is -0.423 e. The number of hydrogen-bond acceptors (Lipinski definition) is 3. The van der Waals surface area contributed by atoms with Crippen molar-refractivity contribution in [2.75, 3.05) is 11.4 Å². The number of aryl methyl sites for hydroxylation is 2. The molecule has 2 aromatic carbocycles. The summed E-state index contributed by atoms with van der Waals surface area (Å²) < 4.78 is 0. The van der Waals surface area contributed by atoms with Gasteiger partial charge < -0.3 is 14.9 Å². The molecule has 0 amide bonds. The van der Waals surface area contributed by atoms with Crippen molar-refractivity contribution in [1.29, 1.82) is 0 Å². The summed E-state index contributed by atoms with van der Waals surface area (Å²) in [7, 11) is -1.41. The quantitative estimate of drug-likeness (QED) is 0.840. The second kappa shape index (κ2) is 5.92. The number of benzene rings is 2. The van der Waals surface area contributed by atoms with E-state index >= 15 is 0 Å². The Balaban J connectivity index is 1.91. The molecule has 0 saturated heterocycles. The van der Waals surface area contributed by atoms with Crippen molar-refractivity contribution in [3.05, 3.63) is 59.2 Å². The van der Waals surface area contributed by atoms with Crippen molar-refractivity contribution in [2.24, 2.45) is 0 Å². The first-order chi connectivity index (χ1) is 10.1. The Kier molecular flexibility index (Phi) is 4.00. The Morgan fingerprint density at radius 3 is 2.76 bits per heavy atom. The van der Waals surface area contributed by atoms with Gasteiger partial charge in [0.25, 0.3) is 0 Å². The van der Waals surface area contributed by atoms with Crippen LogP contribution in [0.1, 0.15) is 23.1 Å². The highest BCUT2D eigenvalue weighted by Crippen LogP contribution is 2.29. The monoisotopic (exact) mass is 281 g/mol. The molecule has 1 heterocycles. The number of nitrogens with zero attached hydrogens (tertiary/aromatic N) is 1. The van der Waals surface area contributed by atoms with Gasteiger partial charge in [0.05, 0.1) is 0 Å². The van der Waals surface area contributed by atoms with E-state index in [2.05, 4.69) is 30.0 Å². The molecule has 21 heavy (non-hydrogen) atoms. The number of hydrogen-bond donors (Lipinski definition) is 2. The maximum absolute atomic E-state index is 9.50. The number of rotatable bonds is 3. The molecule has 3 nitrogen and oxygen atoms in total. The minimum absolute atomic E-state index is 0.594. The zero-order valence-corrected chi connectivity index (χ0v) is 12.3. The highest BCUT2D eigenvalue weighted by molar-refractivity contribution is 6.59. The molecule has 0 spiro atoms. The summed E-state index contributed by atoms with van der Waals surface area (Å²) in [5, 5.41) is 19.0. The van der Waals surface area contributed by atoms with Gasteiger partial charge in [-0.15, -0.1) is 0 Å². The van der Waals surface area contributed by atoms with Gasteiger partial charge in [-0.05, 0) is 42.4 Å². The van der Waals surface area contributed by atoms with E-state index in [-0.39, 0.29) is 0 Å². The van der Waals surface area contributed by atoms with Crippen molar-refractivity contribution in [3.8, 4) is 0 Å². The summed E-state index contributed by atoms with van der Waals surface area (Å²) >= 11 is 0. The van der Waals surface area contributed by atoms with Crippen LogP contribution in [-0.4, -0.2) is 23.7 Å². The Morgan fingerprint density at radius 1 is 1.14 bits per heavy atom. The highest BCUT2D eigenvalue weighted by Gasteiger charge is 2.20. The molecule has 0 atom stereocenters. The van der Waals surface area contributed by atoms with Gasteiger partial charge in [-0.3, -0.25) is 0 Å². The molecule has 0 aliphatic carbocycles. The lowest BCUT2D eigenvalue weighted by atomic mass is 9.77. The van der Waals surface area contributed by atoms with E-state index in [1.54, 1.807) is 6.07 Å². The molecule has 4 heteroatoms. The van der Waals surface area contributed by atoms with Crippen LogP contribution in [0.15, 0.2) is 42.5 Å². The molecule has 1 aliphatic heterocycles. The van der Waals surface area contributed by atoms with Crippen LogP contribution in [0, 0.1) is 6.92 Å². The lowest BCUT2D eigenvalue weighted by Crippen LogP contribution is -2.37. The smallest absolute Gasteiger partial charge is 0.423 e. The lowest BCUT2D eigenvalue weighted by Gasteiger charge is -2.32. The fourth-order valence-corrected chi connectivity index (χ4v) is 3.10. The van der Waals surface area contributed by atoms with E-state index in [0.29, 0.717) is 12.0 Å². The topological polar surface area (TPSA) is 43.7 Å². The second-order valence-corrected chi connectivity index (χ2v) is 5.73. The first kappa shape index (κ1) is 14.2. The number of fused-ring (bicyclic) bond motifs is 1. The van der Waals surface area contributed by atoms with Crippen LogP contribution in [0.4, 0.5) is 5.69 Å². The van der Waals surface area contributed by atoms with E-state index in [1.807, 2.05) is 18.2 Å². The fraction of sp³-hybridized carbons (Fsp3) is 0.294. The molecule has 0 fully saturated rings. The molecule has 2 N–H and O–H groups in total. The molecule has 0 bridgehead atoms. The molecule has 0 unspecified atom stereocenters. The molecular weight excluding hydrogens is 261 g/mol. The van der Waals surface area contributed by atoms with E-state index in [1.165, 1.54) is 16.8 Å². The Morgan fingerprint density at radius 2 is 1.95 bits per heavy atom. The molecule has 108 valence electrons. The molecule has 0 radical (unpaired) electrons. The Bertz CT molecular complexity index is 642. The Hall–Kier alpha value is -1.78. The summed E-state index contributed by atoms with van der Waals surface area (Å²) in [6, 6.07) is 14.1. The predicted octanol–water partition coefficient (Wildman–Crippen LogP) is 1.63. The van der Waals surface area contributed by atoms with Crippen LogP contribution in [0.2, 0.25) is 0 Å². The summed E-state index contributed by atoms with van der Waals surface area (Å²) in [6.07, 6.45) is 2.26. The zero-order valence-electron chi connectivity index (χ0n) is 12.3. The molecule has 3 rings (SSSR count). The van der Waals surface area contributed by atoms with Gasteiger partial charge in [0.15, 0.2) is 0 Å². The lowest BCUT2D eigenvalue weighted by molar-refractivity contribution is 0.425. The average molecular weight is 281 g/mol. The third kappa shape index (κ3) is 2.97. The largest absolute Gasteiger partial charge is 0.488 e. The van der Waals surface area contributed by atoms with Crippen LogP contribution in [0.5, 0.6) is 0 Å². The van der Waals surface area contributed by atoms with E-state index in [0.717, 1.165) is 24.9 Å². The van der Waals surface area contributed by atoms with Crippen molar-refractivity contribution >= 4 is 18.3 Å². The van der Waals surface area contributed by atoms with Crippen LogP contribution in [-0.2, 0) is 13.0 Å².